The Bertz CT molecular complexity index is 710. The lowest BCUT2D eigenvalue weighted by Gasteiger charge is -2.11. The van der Waals surface area contributed by atoms with Gasteiger partial charge in [-0.15, -0.1) is 0 Å². The predicted octanol–water partition coefficient (Wildman–Crippen LogP) is 2.99. The van der Waals surface area contributed by atoms with Crippen molar-refractivity contribution in [2.24, 2.45) is 5.92 Å². The Kier molecular flexibility index (Phi) is 3.50. The van der Waals surface area contributed by atoms with Crippen LogP contribution in [0.3, 0.4) is 0 Å². The number of benzene rings is 1. The molecule has 0 spiro atoms. The highest BCUT2D eigenvalue weighted by Crippen LogP contribution is 2.43. The van der Waals surface area contributed by atoms with Crippen molar-refractivity contribution in [1.29, 1.82) is 0 Å². The van der Waals surface area contributed by atoms with Gasteiger partial charge in [0.05, 0.1) is 16.3 Å². The molecule has 2 aliphatic rings. The minimum atomic E-state index is -4.69. The first-order valence-electron chi connectivity index (χ1n) is 6.83. The number of rotatable bonds is 4. The number of hydrogen-bond donors (Lipinski definition) is 0. The molecule has 0 bridgehead atoms. The molecule has 1 aliphatic heterocycles. The van der Waals surface area contributed by atoms with Gasteiger partial charge in [-0.2, -0.15) is 13.2 Å². The normalized spacial score (nSPS) is 18.1. The van der Waals surface area contributed by atoms with E-state index >= 15 is 0 Å². The highest BCUT2D eigenvalue weighted by atomic mass is 19.4. The van der Waals surface area contributed by atoms with Gasteiger partial charge in [0.15, 0.2) is 23.1 Å². The Morgan fingerprint density at radius 1 is 1.30 bits per heavy atom. The lowest BCUT2D eigenvalue weighted by Crippen LogP contribution is -2.27. The van der Waals surface area contributed by atoms with Gasteiger partial charge in [0.2, 0.25) is 0 Å². The van der Waals surface area contributed by atoms with Crippen molar-refractivity contribution in [3.8, 4) is 0 Å². The average Bonchev–Trinajstić information content (AvgIpc) is 3.24. The second-order valence-electron chi connectivity index (χ2n) is 5.33. The first kappa shape index (κ1) is 15.3. The van der Waals surface area contributed by atoms with Gasteiger partial charge in [-0.25, -0.2) is 10.1 Å². The third-order valence-corrected chi connectivity index (χ3v) is 3.68. The van der Waals surface area contributed by atoms with Gasteiger partial charge in [-0.1, -0.05) is 18.2 Å². The Labute approximate surface area is 128 Å². The number of nitro groups is 1. The standard InChI is InChI=1S/C14H11F3N2O4/c15-14(16,17)11-4-2-1-3-9(11)12(20)10-7-18(19(21)22)23-13(10)8-5-6-8/h1-4,8H,5-7H2. The zero-order valence-corrected chi connectivity index (χ0v) is 11.7. The molecule has 1 fully saturated rings. The van der Waals surface area contributed by atoms with Gasteiger partial charge >= 0.3 is 6.18 Å². The zero-order chi connectivity index (χ0) is 16.8. The van der Waals surface area contributed by atoms with Crippen LogP contribution < -0.4 is 0 Å². The number of Topliss-reactive ketones (excluding diaryl/α,β-unsaturated/α-hetero) is 1. The Morgan fingerprint density at radius 3 is 2.52 bits per heavy atom. The molecule has 1 aromatic rings. The molecule has 23 heavy (non-hydrogen) atoms. The van der Waals surface area contributed by atoms with E-state index in [2.05, 4.69) is 0 Å². The van der Waals surface area contributed by atoms with E-state index in [-0.39, 0.29) is 17.3 Å². The van der Waals surface area contributed by atoms with Crippen LogP contribution in [0.2, 0.25) is 0 Å². The van der Waals surface area contributed by atoms with E-state index in [4.69, 9.17) is 4.84 Å². The lowest BCUT2D eigenvalue weighted by atomic mass is 9.96. The summed E-state index contributed by atoms with van der Waals surface area (Å²) in [5, 5.41) is 10.3. The van der Waals surface area contributed by atoms with Gasteiger partial charge in [0.1, 0.15) is 0 Å². The molecule has 0 amide bonds. The highest BCUT2D eigenvalue weighted by molar-refractivity contribution is 6.10. The summed E-state index contributed by atoms with van der Waals surface area (Å²) < 4.78 is 39.2. The number of nitrogens with zero attached hydrogens (tertiary/aromatic N) is 2. The van der Waals surface area contributed by atoms with Crippen LogP contribution in [0, 0.1) is 16.0 Å². The van der Waals surface area contributed by atoms with E-state index in [0.29, 0.717) is 18.0 Å². The summed E-state index contributed by atoms with van der Waals surface area (Å²) in [5.74, 6) is -0.912. The number of hydrogen-bond acceptors (Lipinski definition) is 4. The summed E-state index contributed by atoms with van der Waals surface area (Å²) in [6, 6.07) is 4.38. The number of halogens is 3. The number of alkyl halides is 3. The summed E-state index contributed by atoms with van der Waals surface area (Å²) in [4.78, 5) is 28.4. The monoisotopic (exact) mass is 328 g/mol. The first-order chi connectivity index (χ1) is 10.8. The molecule has 0 unspecified atom stereocenters. The van der Waals surface area contributed by atoms with E-state index in [9.17, 15) is 28.1 Å². The highest BCUT2D eigenvalue weighted by Gasteiger charge is 2.44. The number of hydroxylamine groups is 1. The number of hydrazine groups is 1. The van der Waals surface area contributed by atoms with Crippen LogP contribution in [-0.2, 0) is 11.0 Å². The van der Waals surface area contributed by atoms with Gasteiger partial charge in [0.25, 0.3) is 0 Å². The van der Waals surface area contributed by atoms with Crippen LogP contribution in [0.25, 0.3) is 0 Å². The van der Waals surface area contributed by atoms with Crippen molar-refractivity contribution in [3.63, 3.8) is 0 Å². The summed E-state index contributed by atoms with van der Waals surface area (Å²) in [6.07, 6.45) is -3.30. The fourth-order valence-electron chi connectivity index (χ4n) is 2.45. The maximum Gasteiger partial charge on any atom is 0.417 e. The van der Waals surface area contributed by atoms with E-state index in [1.165, 1.54) is 12.1 Å². The van der Waals surface area contributed by atoms with Crippen LogP contribution >= 0.6 is 0 Å². The molecule has 1 saturated carbocycles. The quantitative estimate of drug-likeness (QED) is 0.483. The van der Waals surface area contributed by atoms with E-state index in [0.717, 1.165) is 12.1 Å². The SMILES string of the molecule is O=C(C1=C(C2CC2)ON([N+](=O)[O-])C1)c1ccccc1C(F)(F)F. The maximum absolute atomic E-state index is 13.1. The summed E-state index contributed by atoms with van der Waals surface area (Å²) in [5.41, 5.74) is -1.67. The van der Waals surface area contributed by atoms with Crippen LogP contribution in [-0.4, -0.2) is 22.5 Å². The molecule has 1 aromatic carbocycles. The van der Waals surface area contributed by atoms with E-state index in [1.54, 1.807) is 0 Å². The van der Waals surface area contributed by atoms with Crippen LogP contribution in [0.5, 0.6) is 0 Å². The molecule has 0 saturated heterocycles. The number of ketones is 1. The molecule has 1 heterocycles. The molecule has 0 aromatic heterocycles. The first-order valence-corrected chi connectivity index (χ1v) is 6.83. The van der Waals surface area contributed by atoms with Crippen molar-refractivity contribution in [2.75, 3.05) is 6.54 Å². The molecular weight excluding hydrogens is 317 g/mol. The topological polar surface area (TPSA) is 72.7 Å². The molecule has 0 atom stereocenters. The molecule has 6 nitrogen and oxygen atoms in total. The Balaban J connectivity index is 2.00. The fourth-order valence-corrected chi connectivity index (χ4v) is 2.45. The van der Waals surface area contributed by atoms with Gasteiger partial charge < -0.3 is 4.84 Å². The summed E-state index contributed by atoms with van der Waals surface area (Å²) >= 11 is 0. The average molecular weight is 328 g/mol. The molecule has 1 aliphatic carbocycles. The number of carbonyl (C=O) groups excluding carboxylic acids is 1. The largest absolute Gasteiger partial charge is 0.417 e. The molecular formula is C14H11F3N2O4. The number of carbonyl (C=O) groups is 1. The molecule has 3 rings (SSSR count). The minimum absolute atomic E-state index is 0.0825. The molecule has 0 radical (unpaired) electrons. The molecule has 9 heteroatoms. The van der Waals surface area contributed by atoms with Crippen molar-refractivity contribution < 1.29 is 27.8 Å². The van der Waals surface area contributed by atoms with Crippen molar-refractivity contribution in [3.05, 3.63) is 56.8 Å². The zero-order valence-electron chi connectivity index (χ0n) is 11.7. The number of allylic oxidation sites excluding steroid dienone is 1. The summed E-state index contributed by atoms with van der Waals surface area (Å²) in [7, 11) is 0. The molecule has 0 N–H and O–H groups in total. The lowest BCUT2D eigenvalue weighted by molar-refractivity contribution is -0.722. The van der Waals surface area contributed by atoms with Gasteiger partial charge in [-0.3, -0.25) is 4.79 Å². The van der Waals surface area contributed by atoms with Gasteiger partial charge in [0, 0.05) is 11.5 Å². The van der Waals surface area contributed by atoms with E-state index in [1.807, 2.05) is 0 Å². The Hall–Kier alpha value is -2.58. The van der Waals surface area contributed by atoms with Crippen LogP contribution in [0.15, 0.2) is 35.6 Å². The fraction of sp³-hybridized carbons (Fsp3) is 0.357. The minimum Gasteiger partial charge on any atom is -0.332 e. The predicted molar refractivity (Wildman–Crippen MR) is 70.3 cm³/mol. The van der Waals surface area contributed by atoms with Crippen LogP contribution in [0.4, 0.5) is 13.2 Å². The maximum atomic E-state index is 13.1. The molecule has 122 valence electrons. The smallest absolute Gasteiger partial charge is 0.332 e. The van der Waals surface area contributed by atoms with Crippen molar-refractivity contribution in [2.45, 2.75) is 19.0 Å². The summed E-state index contributed by atoms with van der Waals surface area (Å²) in [6.45, 7) is -0.468. The Morgan fingerprint density at radius 2 is 1.96 bits per heavy atom. The van der Waals surface area contributed by atoms with Crippen LogP contribution in [0.1, 0.15) is 28.8 Å². The van der Waals surface area contributed by atoms with Gasteiger partial charge in [-0.05, 0) is 18.9 Å². The second-order valence-corrected chi connectivity index (χ2v) is 5.33. The van der Waals surface area contributed by atoms with E-state index < -0.39 is 34.7 Å². The second kappa shape index (κ2) is 5.25. The third-order valence-electron chi connectivity index (χ3n) is 3.68. The van der Waals surface area contributed by atoms with Crippen molar-refractivity contribution >= 4 is 5.78 Å². The third kappa shape index (κ3) is 2.86. The van der Waals surface area contributed by atoms with Crippen molar-refractivity contribution in [1.82, 2.24) is 5.17 Å².